The summed E-state index contributed by atoms with van der Waals surface area (Å²) in [6.45, 7) is 5.51. The van der Waals surface area contributed by atoms with E-state index < -0.39 is 0 Å². The zero-order valence-electron chi connectivity index (χ0n) is 20.9. The van der Waals surface area contributed by atoms with Gasteiger partial charge in [-0.15, -0.1) is 0 Å². The minimum atomic E-state index is -0.277. The standard InChI is InChI=1S/C29H28N6O2/c1-4-24(36)33-21-10-7-18(8-11-21)27-25(26-28(34(27)2)20(16-30)17-32-29(26)31)19-9-12-22(23(15-19)37-3)35-13-5-6-14-35/h4,7-12,15,17H,1,5-6,13-14H2,2-3H3,(H2,31,32)(H,33,36). The number of nitrogens with zero attached hydrogens (tertiary/aromatic N) is 4. The number of hydrogen-bond acceptors (Lipinski definition) is 6. The van der Waals surface area contributed by atoms with Crippen LogP contribution >= 0.6 is 0 Å². The van der Waals surface area contributed by atoms with Crippen molar-refractivity contribution in [2.24, 2.45) is 7.05 Å². The Labute approximate surface area is 215 Å². The average molecular weight is 493 g/mol. The van der Waals surface area contributed by atoms with Gasteiger partial charge < -0.3 is 25.3 Å². The highest BCUT2D eigenvalue weighted by Gasteiger charge is 2.25. The molecular formula is C29H28N6O2. The molecule has 1 aliphatic heterocycles. The number of fused-ring (bicyclic) bond motifs is 1. The first kappa shape index (κ1) is 23.9. The molecule has 1 saturated heterocycles. The van der Waals surface area contributed by atoms with E-state index >= 15 is 0 Å². The third kappa shape index (κ3) is 4.15. The van der Waals surface area contributed by atoms with Crippen LogP contribution < -0.4 is 20.7 Å². The highest BCUT2D eigenvalue weighted by molar-refractivity contribution is 6.11. The number of ether oxygens (including phenoxy) is 1. The van der Waals surface area contributed by atoms with Crippen molar-refractivity contribution in [2.45, 2.75) is 12.8 Å². The van der Waals surface area contributed by atoms with Gasteiger partial charge in [0.25, 0.3) is 0 Å². The third-order valence-electron chi connectivity index (χ3n) is 6.89. The molecule has 186 valence electrons. The molecule has 0 atom stereocenters. The second-order valence-electron chi connectivity index (χ2n) is 9.03. The molecule has 1 aliphatic rings. The maximum Gasteiger partial charge on any atom is 0.247 e. The Morgan fingerprint density at radius 1 is 1.19 bits per heavy atom. The molecule has 1 fully saturated rings. The number of carbonyl (C=O) groups is 1. The molecule has 1 amide bonds. The number of aryl methyl sites for hydroxylation is 1. The number of benzene rings is 2. The van der Waals surface area contributed by atoms with Gasteiger partial charge in [-0.25, -0.2) is 4.98 Å². The van der Waals surface area contributed by atoms with Gasteiger partial charge in [-0.05, 0) is 54.3 Å². The second-order valence-corrected chi connectivity index (χ2v) is 9.03. The van der Waals surface area contributed by atoms with Crippen molar-refractivity contribution < 1.29 is 9.53 Å². The van der Waals surface area contributed by atoms with Crippen molar-refractivity contribution in [3.63, 3.8) is 0 Å². The predicted octanol–water partition coefficient (Wildman–Crippen LogP) is 5.09. The summed E-state index contributed by atoms with van der Waals surface area (Å²) < 4.78 is 7.81. The molecule has 0 aliphatic carbocycles. The lowest BCUT2D eigenvalue weighted by Crippen LogP contribution is -2.18. The van der Waals surface area contributed by atoms with E-state index in [1.165, 1.54) is 25.1 Å². The number of pyridine rings is 1. The molecular weight excluding hydrogens is 464 g/mol. The Morgan fingerprint density at radius 2 is 1.89 bits per heavy atom. The fourth-order valence-electron chi connectivity index (χ4n) is 5.17. The first-order valence-electron chi connectivity index (χ1n) is 12.1. The molecule has 37 heavy (non-hydrogen) atoms. The summed E-state index contributed by atoms with van der Waals surface area (Å²) >= 11 is 0. The van der Waals surface area contributed by atoms with Crippen LogP contribution in [0.4, 0.5) is 17.2 Å². The first-order chi connectivity index (χ1) is 18.0. The summed E-state index contributed by atoms with van der Waals surface area (Å²) in [5.74, 6) is 0.858. The molecule has 0 saturated carbocycles. The fourth-order valence-corrected chi connectivity index (χ4v) is 5.17. The largest absolute Gasteiger partial charge is 0.495 e. The summed E-state index contributed by atoms with van der Waals surface area (Å²) in [5.41, 5.74) is 12.9. The number of rotatable bonds is 6. The summed E-state index contributed by atoms with van der Waals surface area (Å²) in [7, 11) is 3.60. The summed E-state index contributed by atoms with van der Waals surface area (Å²) in [6, 6.07) is 16.0. The average Bonchev–Trinajstić information content (AvgIpc) is 3.56. The molecule has 0 unspecified atom stereocenters. The van der Waals surface area contributed by atoms with Crippen LogP contribution in [0.25, 0.3) is 33.3 Å². The normalized spacial score (nSPS) is 12.9. The molecule has 0 bridgehead atoms. The molecule has 3 heterocycles. The number of nitrogens with one attached hydrogen (secondary N) is 1. The van der Waals surface area contributed by atoms with Crippen LogP contribution in [0.5, 0.6) is 5.75 Å². The van der Waals surface area contributed by atoms with E-state index in [4.69, 9.17) is 10.5 Å². The van der Waals surface area contributed by atoms with E-state index in [-0.39, 0.29) is 5.91 Å². The molecule has 2 aromatic carbocycles. The lowest BCUT2D eigenvalue weighted by molar-refractivity contribution is -0.111. The van der Waals surface area contributed by atoms with Gasteiger partial charge in [0.05, 0.1) is 35.0 Å². The van der Waals surface area contributed by atoms with E-state index in [0.29, 0.717) is 22.6 Å². The number of hydrogen-bond donors (Lipinski definition) is 2. The molecule has 0 spiro atoms. The number of anilines is 3. The molecule has 8 nitrogen and oxygen atoms in total. The van der Waals surface area contributed by atoms with Gasteiger partial charge in [-0.1, -0.05) is 24.8 Å². The van der Waals surface area contributed by atoms with Crippen molar-refractivity contribution in [3.05, 3.63) is 66.9 Å². The van der Waals surface area contributed by atoms with E-state index in [1.54, 1.807) is 7.11 Å². The summed E-state index contributed by atoms with van der Waals surface area (Å²) in [6.07, 6.45) is 5.08. The molecule has 5 rings (SSSR count). The minimum absolute atomic E-state index is 0.277. The van der Waals surface area contributed by atoms with E-state index in [2.05, 4.69) is 40.0 Å². The predicted molar refractivity (Wildman–Crippen MR) is 148 cm³/mol. The molecule has 3 N–H and O–H groups in total. The van der Waals surface area contributed by atoms with Gasteiger partial charge in [-0.3, -0.25) is 4.79 Å². The first-order valence-corrected chi connectivity index (χ1v) is 12.1. The summed E-state index contributed by atoms with van der Waals surface area (Å²) in [4.78, 5) is 18.4. The Kier molecular flexibility index (Phi) is 6.28. The Balaban J connectivity index is 1.75. The van der Waals surface area contributed by atoms with Crippen LogP contribution in [-0.4, -0.2) is 35.7 Å². The third-order valence-corrected chi connectivity index (χ3v) is 6.89. The van der Waals surface area contributed by atoms with Crippen LogP contribution in [0.15, 0.2) is 61.3 Å². The van der Waals surface area contributed by atoms with Gasteiger partial charge in [-0.2, -0.15) is 5.26 Å². The van der Waals surface area contributed by atoms with Gasteiger partial charge >= 0.3 is 0 Å². The van der Waals surface area contributed by atoms with Crippen molar-refractivity contribution in [3.8, 4) is 34.2 Å². The highest BCUT2D eigenvalue weighted by Crippen LogP contribution is 2.45. The number of methoxy groups -OCH3 is 1. The Bertz CT molecular complexity index is 1560. The van der Waals surface area contributed by atoms with Gasteiger partial charge in [0, 0.05) is 37.6 Å². The lowest BCUT2D eigenvalue weighted by Gasteiger charge is -2.21. The number of carbonyl (C=O) groups excluding carboxylic acids is 1. The van der Waals surface area contributed by atoms with Crippen LogP contribution in [0.1, 0.15) is 18.4 Å². The van der Waals surface area contributed by atoms with Gasteiger partial charge in [0.2, 0.25) is 5.91 Å². The van der Waals surface area contributed by atoms with Crippen LogP contribution in [0, 0.1) is 11.3 Å². The van der Waals surface area contributed by atoms with Crippen LogP contribution in [0.3, 0.4) is 0 Å². The number of nitriles is 1. The lowest BCUT2D eigenvalue weighted by atomic mass is 9.97. The number of nitrogens with two attached hydrogens (primary N) is 1. The van der Waals surface area contributed by atoms with Gasteiger partial charge in [0.15, 0.2) is 0 Å². The van der Waals surface area contributed by atoms with Crippen LogP contribution in [0.2, 0.25) is 0 Å². The molecule has 4 aromatic rings. The van der Waals surface area contributed by atoms with Crippen molar-refractivity contribution in [1.29, 1.82) is 5.26 Å². The smallest absolute Gasteiger partial charge is 0.247 e. The quantitative estimate of drug-likeness (QED) is 0.363. The van der Waals surface area contributed by atoms with Crippen molar-refractivity contribution in [1.82, 2.24) is 9.55 Å². The maximum absolute atomic E-state index is 11.7. The zero-order chi connectivity index (χ0) is 26.1. The Morgan fingerprint density at radius 3 is 2.54 bits per heavy atom. The van der Waals surface area contributed by atoms with E-state index in [9.17, 15) is 10.1 Å². The fraction of sp³-hybridized carbons (Fsp3) is 0.207. The van der Waals surface area contributed by atoms with Crippen molar-refractivity contribution >= 4 is 34.0 Å². The van der Waals surface area contributed by atoms with Gasteiger partial charge in [0.1, 0.15) is 17.6 Å². The van der Waals surface area contributed by atoms with E-state index in [0.717, 1.165) is 52.3 Å². The molecule has 0 radical (unpaired) electrons. The molecule has 2 aromatic heterocycles. The molecule has 8 heteroatoms. The van der Waals surface area contributed by atoms with Crippen molar-refractivity contribution in [2.75, 3.05) is 36.1 Å². The number of amides is 1. The monoisotopic (exact) mass is 492 g/mol. The number of aromatic nitrogens is 2. The second kappa shape index (κ2) is 9.70. The van der Waals surface area contributed by atoms with E-state index in [1.807, 2.05) is 41.9 Å². The summed E-state index contributed by atoms with van der Waals surface area (Å²) in [5, 5.41) is 13.4. The zero-order valence-corrected chi connectivity index (χ0v) is 20.9. The Hall–Kier alpha value is -4.77. The van der Waals surface area contributed by atoms with Crippen LogP contribution in [-0.2, 0) is 11.8 Å². The number of nitrogen functional groups attached to an aromatic ring is 1. The maximum atomic E-state index is 11.7. The highest BCUT2D eigenvalue weighted by atomic mass is 16.5. The SMILES string of the molecule is C=CC(=O)Nc1ccc(-c2c(-c3ccc(N4CCCC4)c(OC)c3)c3c(N)ncc(C#N)c3n2C)cc1. The minimum Gasteiger partial charge on any atom is -0.495 e. The topological polar surface area (TPSA) is 109 Å².